The normalized spacial score (nSPS) is 52.2. The Balaban J connectivity index is 1.32. The van der Waals surface area contributed by atoms with Crippen LogP contribution in [0.1, 0.15) is 86.0 Å². The van der Waals surface area contributed by atoms with Gasteiger partial charge in [0.05, 0.1) is 0 Å². The topological polar surface area (TPSA) is 18.5 Å². The van der Waals surface area contributed by atoms with Gasteiger partial charge < -0.3 is 0 Å². The molecule has 5 aliphatic rings. The van der Waals surface area contributed by atoms with Crippen LogP contribution < -0.4 is 0 Å². The van der Waals surface area contributed by atoms with E-state index in [4.69, 9.17) is 9.78 Å². The molecule has 1 aliphatic heterocycles. The molecule has 0 spiro atoms. The van der Waals surface area contributed by atoms with Crippen LogP contribution in [0.25, 0.3) is 0 Å². The lowest BCUT2D eigenvalue weighted by molar-refractivity contribution is -0.474. The molecule has 4 aliphatic carbocycles. The Morgan fingerprint density at radius 1 is 0.867 bits per heavy atom. The first-order chi connectivity index (χ1) is 14.3. The maximum absolute atomic E-state index is 5.40. The van der Waals surface area contributed by atoms with Crippen molar-refractivity contribution in [2.45, 2.75) is 91.6 Å². The van der Waals surface area contributed by atoms with Crippen molar-refractivity contribution in [2.75, 3.05) is 6.61 Å². The largest absolute Gasteiger partial charge is 0.233 e. The molecule has 0 bridgehead atoms. The minimum Gasteiger partial charge on any atom is -0.233 e. The quantitative estimate of drug-likeness (QED) is 0.355. The molecule has 0 amide bonds. The van der Waals surface area contributed by atoms with Gasteiger partial charge in [-0.05, 0) is 91.8 Å². The van der Waals surface area contributed by atoms with Crippen molar-refractivity contribution in [3.8, 4) is 0 Å². The van der Waals surface area contributed by atoms with Crippen molar-refractivity contribution in [2.24, 2.45) is 52.3 Å². The molecule has 2 heteroatoms. The molecule has 10 atom stereocenters. The molecule has 2 unspecified atom stereocenters. The van der Waals surface area contributed by atoms with Crippen molar-refractivity contribution in [1.29, 1.82) is 0 Å². The van der Waals surface area contributed by atoms with Gasteiger partial charge in [0.2, 0.25) is 0 Å². The van der Waals surface area contributed by atoms with Crippen molar-refractivity contribution < 1.29 is 9.78 Å². The van der Waals surface area contributed by atoms with Crippen LogP contribution >= 0.6 is 0 Å². The SMILES string of the molecule is C[C@H](/C=C\[C@@H](C)C1(C)COO1)[C@H]1CC[C@H]2[C@@H]3C=CC4CCCC[C@]4(C)[C@H]3CC[C@]12C. The summed E-state index contributed by atoms with van der Waals surface area (Å²) in [7, 11) is 0. The summed E-state index contributed by atoms with van der Waals surface area (Å²) in [5, 5.41) is 0. The standard InChI is InChI=1S/C28H44O2/c1-19(9-10-20(2)28(5)18-29-30-28)23-13-14-24-22-12-11-21-8-6-7-16-26(21,3)25(22)15-17-27(23,24)4/h9-12,19-25H,6-8,13-18H2,1-5H3/b10-9-/t19-,20-,21?,22+,23-,24+,25+,26+,27-,28?/m1/s1. The van der Waals surface area contributed by atoms with E-state index in [2.05, 4.69) is 58.9 Å². The van der Waals surface area contributed by atoms with E-state index in [1.807, 2.05) is 0 Å². The van der Waals surface area contributed by atoms with Crippen LogP contribution in [0, 0.1) is 52.3 Å². The van der Waals surface area contributed by atoms with Crippen molar-refractivity contribution in [3.63, 3.8) is 0 Å². The molecular weight excluding hydrogens is 368 g/mol. The van der Waals surface area contributed by atoms with Crippen LogP contribution in [0.5, 0.6) is 0 Å². The smallest absolute Gasteiger partial charge is 0.133 e. The second-order valence-corrected chi connectivity index (χ2v) is 12.5. The van der Waals surface area contributed by atoms with Crippen LogP contribution in [0.3, 0.4) is 0 Å². The van der Waals surface area contributed by atoms with E-state index in [9.17, 15) is 0 Å². The van der Waals surface area contributed by atoms with Crippen molar-refractivity contribution in [3.05, 3.63) is 24.3 Å². The zero-order valence-corrected chi connectivity index (χ0v) is 20.0. The highest BCUT2D eigenvalue weighted by Gasteiger charge is 2.58. The van der Waals surface area contributed by atoms with Gasteiger partial charge in [-0.2, -0.15) is 0 Å². The summed E-state index contributed by atoms with van der Waals surface area (Å²) in [6.07, 6.45) is 21.9. The fourth-order valence-electron chi connectivity index (χ4n) is 8.69. The van der Waals surface area contributed by atoms with E-state index in [1.165, 1.54) is 51.4 Å². The second kappa shape index (κ2) is 7.48. The molecule has 0 aromatic carbocycles. The van der Waals surface area contributed by atoms with Gasteiger partial charge in [0.1, 0.15) is 12.2 Å². The highest BCUT2D eigenvalue weighted by Crippen LogP contribution is 2.66. The number of hydrogen-bond donors (Lipinski definition) is 0. The Labute approximate surface area is 184 Å². The molecule has 30 heavy (non-hydrogen) atoms. The van der Waals surface area contributed by atoms with Gasteiger partial charge in [0.25, 0.3) is 0 Å². The average molecular weight is 413 g/mol. The lowest BCUT2D eigenvalue weighted by atomic mass is 9.46. The Hall–Kier alpha value is -0.600. The third-order valence-corrected chi connectivity index (χ3v) is 11.0. The Bertz CT molecular complexity index is 705. The molecule has 5 rings (SSSR count). The van der Waals surface area contributed by atoms with E-state index in [0.717, 1.165) is 29.6 Å². The summed E-state index contributed by atoms with van der Waals surface area (Å²) in [5.41, 5.74) is 0.962. The lowest BCUT2D eigenvalue weighted by Gasteiger charge is -2.58. The lowest BCUT2D eigenvalue weighted by Crippen LogP contribution is -2.51. The first kappa shape index (κ1) is 21.3. The summed E-state index contributed by atoms with van der Waals surface area (Å²) >= 11 is 0. The zero-order chi connectivity index (χ0) is 21.1. The fourth-order valence-corrected chi connectivity index (χ4v) is 8.69. The van der Waals surface area contributed by atoms with Crippen LogP contribution in [-0.4, -0.2) is 12.2 Å². The molecule has 1 heterocycles. The zero-order valence-electron chi connectivity index (χ0n) is 20.0. The Morgan fingerprint density at radius 2 is 1.63 bits per heavy atom. The van der Waals surface area contributed by atoms with E-state index in [1.54, 1.807) is 0 Å². The van der Waals surface area contributed by atoms with Gasteiger partial charge in [-0.25, -0.2) is 9.78 Å². The van der Waals surface area contributed by atoms with Crippen LogP contribution in [-0.2, 0) is 9.78 Å². The molecule has 0 N–H and O–H groups in total. The third-order valence-electron chi connectivity index (χ3n) is 11.0. The predicted molar refractivity (Wildman–Crippen MR) is 123 cm³/mol. The fraction of sp³-hybridized carbons (Fsp3) is 0.857. The molecule has 0 radical (unpaired) electrons. The van der Waals surface area contributed by atoms with Crippen molar-refractivity contribution >= 4 is 0 Å². The maximum Gasteiger partial charge on any atom is 0.133 e. The van der Waals surface area contributed by atoms with E-state index < -0.39 is 0 Å². The summed E-state index contributed by atoms with van der Waals surface area (Å²) in [4.78, 5) is 10.4. The molecule has 0 aromatic rings. The maximum atomic E-state index is 5.40. The van der Waals surface area contributed by atoms with E-state index in [0.29, 0.717) is 29.3 Å². The van der Waals surface area contributed by atoms with Gasteiger partial charge in [-0.3, -0.25) is 0 Å². The minimum atomic E-state index is -0.130. The average Bonchev–Trinajstić information content (AvgIpc) is 3.06. The van der Waals surface area contributed by atoms with Crippen LogP contribution in [0.4, 0.5) is 0 Å². The van der Waals surface area contributed by atoms with Gasteiger partial charge in [0.15, 0.2) is 0 Å². The molecule has 2 nitrogen and oxygen atoms in total. The van der Waals surface area contributed by atoms with E-state index >= 15 is 0 Å². The number of allylic oxidation sites excluding steroid dienone is 3. The van der Waals surface area contributed by atoms with Crippen LogP contribution in [0.2, 0.25) is 0 Å². The highest BCUT2D eigenvalue weighted by atomic mass is 17.2. The summed E-state index contributed by atoms with van der Waals surface area (Å²) in [6.45, 7) is 12.9. The molecule has 0 aromatic heterocycles. The molecule has 3 saturated carbocycles. The minimum absolute atomic E-state index is 0.130. The van der Waals surface area contributed by atoms with Gasteiger partial charge in [-0.15, -0.1) is 0 Å². The summed E-state index contributed by atoms with van der Waals surface area (Å²) < 4.78 is 0. The molecule has 4 fully saturated rings. The van der Waals surface area contributed by atoms with Gasteiger partial charge in [0, 0.05) is 5.92 Å². The van der Waals surface area contributed by atoms with Gasteiger partial charge >= 0.3 is 0 Å². The highest BCUT2D eigenvalue weighted by molar-refractivity contribution is 5.18. The first-order valence-corrected chi connectivity index (χ1v) is 13.0. The number of rotatable bonds is 4. The Kier molecular flexibility index (Phi) is 5.30. The molecular formula is C28H44O2. The van der Waals surface area contributed by atoms with Crippen LogP contribution in [0.15, 0.2) is 24.3 Å². The van der Waals surface area contributed by atoms with Crippen molar-refractivity contribution in [1.82, 2.24) is 0 Å². The second-order valence-electron chi connectivity index (χ2n) is 12.5. The summed E-state index contributed by atoms with van der Waals surface area (Å²) in [6, 6.07) is 0. The predicted octanol–water partition coefficient (Wildman–Crippen LogP) is 7.36. The molecule has 168 valence electrons. The monoisotopic (exact) mass is 412 g/mol. The summed E-state index contributed by atoms with van der Waals surface area (Å²) in [5.74, 6) is 5.40. The number of hydrogen-bond acceptors (Lipinski definition) is 2. The first-order valence-electron chi connectivity index (χ1n) is 13.0. The third kappa shape index (κ3) is 3.11. The molecule has 1 saturated heterocycles. The van der Waals surface area contributed by atoms with E-state index in [-0.39, 0.29) is 5.60 Å². The Morgan fingerprint density at radius 3 is 2.37 bits per heavy atom. The van der Waals surface area contributed by atoms with Gasteiger partial charge in [-0.1, -0.05) is 64.8 Å². The number of fused-ring (bicyclic) bond motifs is 5.